The molecular weight excluding hydrogens is 989 g/mol. The van der Waals surface area contributed by atoms with Crippen LogP contribution in [0.25, 0.3) is 0 Å². The predicted molar refractivity (Wildman–Crippen MR) is 258 cm³/mol. The molecule has 12 N–H and O–H groups in total. The quantitative estimate of drug-likeness (QED) is 0.0874. The van der Waals surface area contributed by atoms with E-state index in [-0.39, 0.29) is 35.4 Å². The van der Waals surface area contributed by atoms with Gasteiger partial charge in [-0.05, 0) is 119 Å². The van der Waals surface area contributed by atoms with Gasteiger partial charge in [0.2, 0.25) is 0 Å². The second kappa shape index (κ2) is 22.8. The summed E-state index contributed by atoms with van der Waals surface area (Å²) in [4.78, 5) is 0. The van der Waals surface area contributed by atoms with Gasteiger partial charge in [0, 0.05) is 13.0 Å². The molecule has 8 fully saturated rings. The average molecular weight is 1080 g/mol. The number of ether oxygens (including phenoxy) is 10. The zero-order valence-corrected chi connectivity index (χ0v) is 44.2. The van der Waals surface area contributed by atoms with E-state index in [1.807, 2.05) is 6.92 Å². The molecule has 9 aliphatic rings. The van der Waals surface area contributed by atoms with Crippen LogP contribution in [-0.4, -0.2) is 229 Å². The summed E-state index contributed by atoms with van der Waals surface area (Å²) in [5.41, 5.74) is 0.462. The van der Waals surface area contributed by atoms with Crippen LogP contribution in [-0.2, 0) is 47.4 Å². The maximum atomic E-state index is 12.1. The largest absolute Gasteiger partial charge is 0.492 e. The molecule has 0 aromatic carbocycles. The molecule has 0 spiro atoms. The number of rotatable bonds is 15. The van der Waals surface area contributed by atoms with Crippen molar-refractivity contribution in [1.82, 2.24) is 0 Å². The maximum Gasteiger partial charge on any atom is 0.187 e. The molecule has 0 radical (unpaired) electrons. The minimum Gasteiger partial charge on any atom is -0.492 e. The molecule has 5 saturated heterocycles. The SMILES string of the molecule is CO[C@@]1(C)/C(=C\CC[C@@H](C)CO[C@@H]2O[C@H](CO)[C@@H](O)[C@H](O)[C@H]2O)OC2C[C@H]3[C@@H]4CC=C5C[C@@H](O[C@@H]6O[C@H](CO)[C@@H](O[C@@H]7O[C@@H](C)[C@H](O)[C@@H](O)[C@H]7O)[C@H](O)[C@H]6O[C@@H]6O[C@@H](C)[C@H](O)[C@@H](O)[C@H]6O)CC[C@]5(C)C4CC[C@]3(C)C21. The fourth-order valence-electron chi connectivity index (χ4n) is 15.0. The number of methoxy groups -OCH3 is 1. The van der Waals surface area contributed by atoms with E-state index in [2.05, 4.69) is 32.9 Å². The summed E-state index contributed by atoms with van der Waals surface area (Å²) >= 11 is 0. The van der Waals surface area contributed by atoms with Gasteiger partial charge in [-0.3, -0.25) is 0 Å². The fourth-order valence-corrected chi connectivity index (χ4v) is 15.0. The van der Waals surface area contributed by atoms with Crippen molar-refractivity contribution in [2.24, 2.45) is 40.4 Å². The number of fused-ring (bicyclic) bond motifs is 7. The van der Waals surface area contributed by atoms with Crippen LogP contribution in [0.1, 0.15) is 99.3 Å². The minimum absolute atomic E-state index is 0.0158. The zero-order chi connectivity index (χ0) is 54.2. The molecule has 30 atom stereocenters. The van der Waals surface area contributed by atoms with Crippen molar-refractivity contribution in [3.05, 3.63) is 23.5 Å². The highest BCUT2D eigenvalue weighted by Gasteiger charge is 2.69. The number of hydrogen-bond acceptors (Lipinski definition) is 22. The van der Waals surface area contributed by atoms with Crippen LogP contribution in [0, 0.1) is 40.4 Å². The first-order valence-corrected chi connectivity index (χ1v) is 27.3. The minimum atomic E-state index is -1.74. The Balaban J connectivity index is 0.855. The van der Waals surface area contributed by atoms with Gasteiger partial charge in [-0.25, -0.2) is 0 Å². The van der Waals surface area contributed by atoms with Crippen molar-refractivity contribution in [3.63, 3.8) is 0 Å². The lowest BCUT2D eigenvalue weighted by Gasteiger charge is -2.59. The summed E-state index contributed by atoms with van der Waals surface area (Å²) in [5, 5.41) is 127. The van der Waals surface area contributed by atoms with Gasteiger partial charge >= 0.3 is 0 Å². The van der Waals surface area contributed by atoms with Crippen molar-refractivity contribution < 1.29 is 109 Å². The van der Waals surface area contributed by atoms with Crippen LogP contribution >= 0.6 is 0 Å². The molecule has 0 aromatic rings. The van der Waals surface area contributed by atoms with Crippen molar-refractivity contribution in [3.8, 4) is 0 Å². The van der Waals surface area contributed by atoms with Gasteiger partial charge in [-0.1, -0.05) is 32.4 Å². The first kappa shape index (κ1) is 58.1. The van der Waals surface area contributed by atoms with Gasteiger partial charge in [-0.15, -0.1) is 0 Å². The summed E-state index contributed by atoms with van der Waals surface area (Å²) in [6, 6.07) is 0. The second-order valence-electron chi connectivity index (χ2n) is 24.0. The summed E-state index contributed by atoms with van der Waals surface area (Å²) in [6.07, 6.45) is -17.3. The number of aliphatic hydroxyl groups is 12. The van der Waals surface area contributed by atoms with E-state index in [1.54, 1.807) is 7.11 Å². The Labute approximate surface area is 438 Å². The molecule has 0 bridgehead atoms. The van der Waals surface area contributed by atoms with Crippen molar-refractivity contribution >= 4 is 0 Å². The molecule has 9 rings (SSSR count). The van der Waals surface area contributed by atoms with Crippen molar-refractivity contribution in [1.29, 1.82) is 0 Å². The predicted octanol–water partition coefficient (Wildman–Crippen LogP) is -1.02. The standard InChI is InChI=1S/C53H86O22/c1-22(21-67-47-40(62)39(61)36(58)31(19-54)72-47)9-8-10-33-53(6,66-7)46-30(71-33)18-29-27-12-11-25-17-26(13-15-51(25,4)28(27)14-16-52(29,46)5)70-50-45(75-49-42(64)38(60)35(57)24(3)69-49)43(65)44(32(20-55)73-50)74-48-41(63)37(59)34(56)23(2)68-48/h10-11,22-24,26-32,34-50,54-65H,8-9,12-21H2,1-7H3/b33-10+/t22-,23+,24+,26+,27-,28?,29+,30?,31-,32-,34+,35+,36-,37-,38-,39+,40-,41-,42-,43+,44-,45-,46?,47-,48+,49+,50-,51+,52+,53+/m1/s1. The molecule has 22 heteroatoms. The topological polar surface area (TPSA) is 335 Å². The number of allylic oxidation sites excluding steroid dienone is 2. The summed E-state index contributed by atoms with van der Waals surface area (Å²) in [5.74, 6) is 2.23. The van der Waals surface area contributed by atoms with Crippen LogP contribution in [0.5, 0.6) is 0 Å². The summed E-state index contributed by atoms with van der Waals surface area (Å²) in [7, 11) is 1.76. The third-order valence-corrected chi connectivity index (χ3v) is 19.6. The lowest BCUT2D eigenvalue weighted by molar-refractivity contribution is -0.388. The molecule has 3 saturated carbocycles. The molecule has 4 aliphatic carbocycles. The molecule has 22 nitrogen and oxygen atoms in total. The lowest BCUT2D eigenvalue weighted by atomic mass is 9.46. The first-order valence-electron chi connectivity index (χ1n) is 27.3. The van der Waals surface area contributed by atoms with Gasteiger partial charge in [0.05, 0.1) is 38.1 Å². The van der Waals surface area contributed by atoms with Crippen LogP contribution < -0.4 is 0 Å². The molecule has 75 heavy (non-hydrogen) atoms. The van der Waals surface area contributed by atoms with Gasteiger partial charge in [0.1, 0.15) is 103 Å². The smallest absolute Gasteiger partial charge is 0.187 e. The van der Waals surface area contributed by atoms with E-state index in [0.29, 0.717) is 37.0 Å². The Kier molecular flexibility index (Phi) is 17.6. The molecule has 3 unspecified atom stereocenters. The van der Waals surface area contributed by atoms with Gasteiger partial charge in [0.15, 0.2) is 25.2 Å². The van der Waals surface area contributed by atoms with Gasteiger partial charge in [0.25, 0.3) is 0 Å². The maximum absolute atomic E-state index is 12.1. The van der Waals surface area contributed by atoms with Crippen LogP contribution in [0.3, 0.4) is 0 Å². The molecule has 0 amide bonds. The first-order chi connectivity index (χ1) is 35.5. The number of aliphatic hydroxyl groups excluding tert-OH is 12. The molecule has 5 heterocycles. The van der Waals surface area contributed by atoms with E-state index in [1.165, 1.54) is 19.4 Å². The van der Waals surface area contributed by atoms with Crippen LogP contribution in [0.15, 0.2) is 23.5 Å². The molecule has 0 aromatic heterocycles. The van der Waals surface area contributed by atoms with Crippen LogP contribution in [0.4, 0.5) is 0 Å². The Morgan fingerprint density at radius 2 is 1.27 bits per heavy atom. The number of hydrogen-bond donors (Lipinski definition) is 12. The highest BCUT2D eigenvalue weighted by atomic mass is 16.8. The van der Waals surface area contributed by atoms with Crippen molar-refractivity contribution in [2.45, 2.75) is 240 Å². The van der Waals surface area contributed by atoms with E-state index >= 15 is 0 Å². The lowest BCUT2D eigenvalue weighted by Crippen LogP contribution is -2.66. The average Bonchev–Trinajstić information content (AvgIpc) is 3.86. The summed E-state index contributed by atoms with van der Waals surface area (Å²) in [6.45, 7) is 11.0. The zero-order valence-electron chi connectivity index (χ0n) is 44.2. The molecule has 5 aliphatic heterocycles. The van der Waals surface area contributed by atoms with Crippen LogP contribution in [0.2, 0.25) is 0 Å². The van der Waals surface area contributed by atoms with E-state index in [4.69, 9.17) is 47.4 Å². The van der Waals surface area contributed by atoms with E-state index < -0.39 is 148 Å². The van der Waals surface area contributed by atoms with Gasteiger partial charge < -0.3 is 109 Å². The third-order valence-electron chi connectivity index (χ3n) is 19.6. The summed E-state index contributed by atoms with van der Waals surface area (Å²) < 4.78 is 61.4. The van der Waals surface area contributed by atoms with Gasteiger partial charge in [-0.2, -0.15) is 0 Å². The molecular formula is C53H86O22. The highest BCUT2D eigenvalue weighted by molar-refractivity contribution is 5.30. The van der Waals surface area contributed by atoms with Crippen molar-refractivity contribution in [2.75, 3.05) is 26.9 Å². The second-order valence-corrected chi connectivity index (χ2v) is 24.0. The monoisotopic (exact) mass is 1070 g/mol. The van der Waals surface area contributed by atoms with E-state index in [9.17, 15) is 61.3 Å². The Hall–Kier alpha value is -1.56. The normalized spacial score (nSPS) is 53.8. The Bertz CT molecular complexity index is 2000. The Morgan fingerprint density at radius 1 is 0.667 bits per heavy atom. The fraction of sp³-hybridized carbons (Fsp3) is 0.925. The highest BCUT2D eigenvalue weighted by Crippen LogP contribution is 2.70. The third kappa shape index (κ3) is 10.5. The Morgan fingerprint density at radius 3 is 1.89 bits per heavy atom. The molecule has 430 valence electrons. The van der Waals surface area contributed by atoms with E-state index in [0.717, 1.165) is 44.3 Å².